The van der Waals surface area contributed by atoms with Crippen molar-refractivity contribution in [2.24, 2.45) is 5.92 Å². The van der Waals surface area contributed by atoms with Gasteiger partial charge in [-0.2, -0.15) is 0 Å². The zero-order valence-electron chi connectivity index (χ0n) is 8.80. The molecule has 0 aromatic carbocycles. The van der Waals surface area contributed by atoms with Gasteiger partial charge in [-0.3, -0.25) is 9.63 Å². The molecule has 1 aliphatic rings. The largest absolute Gasteiger partial charge is 0.277 e. The molecule has 14 heavy (non-hydrogen) atoms. The highest BCUT2D eigenvalue weighted by Crippen LogP contribution is 2.27. The standard InChI is InChI=1S/C11H17NO2/c1-8(2)9-4-6-10(7-5-9)11(13)12-14-3/h6,9H,1,4-5,7H2,2-3H3,(H,12,13). The molecule has 1 unspecified atom stereocenters. The lowest BCUT2D eigenvalue weighted by Gasteiger charge is -2.21. The van der Waals surface area contributed by atoms with Gasteiger partial charge < -0.3 is 0 Å². The van der Waals surface area contributed by atoms with E-state index in [-0.39, 0.29) is 5.91 Å². The maximum atomic E-state index is 11.3. The van der Waals surface area contributed by atoms with Crippen LogP contribution in [0.2, 0.25) is 0 Å². The lowest BCUT2D eigenvalue weighted by Crippen LogP contribution is -2.25. The highest BCUT2D eigenvalue weighted by molar-refractivity contribution is 5.92. The average Bonchev–Trinajstić information content (AvgIpc) is 2.18. The Morgan fingerprint density at radius 2 is 2.43 bits per heavy atom. The molecule has 78 valence electrons. The first-order chi connectivity index (χ1) is 6.65. The molecule has 1 atom stereocenters. The van der Waals surface area contributed by atoms with E-state index in [1.54, 1.807) is 0 Å². The fourth-order valence-electron chi connectivity index (χ4n) is 1.65. The van der Waals surface area contributed by atoms with Crippen LogP contribution in [0.15, 0.2) is 23.8 Å². The third-order valence-electron chi connectivity index (χ3n) is 2.59. The van der Waals surface area contributed by atoms with Crippen molar-refractivity contribution in [3.05, 3.63) is 23.8 Å². The number of hydrogen-bond acceptors (Lipinski definition) is 2. The summed E-state index contributed by atoms with van der Waals surface area (Å²) in [5.41, 5.74) is 4.35. The number of hydrogen-bond donors (Lipinski definition) is 1. The molecular formula is C11H17NO2. The van der Waals surface area contributed by atoms with Crippen LogP contribution in [0.4, 0.5) is 0 Å². The quantitative estimate of drug-likeness (QED) is 0.552. The number of carbonyl (C=O) groups is 1. The van der Waals surface area contributed by atoms with E-state index in [1.807, 2.05) is 13.0 Å². The molecule has 1 N–H and O–H groups in total. The predicted octanol–water partition coefficient (Wildman–Crippen LogP) is 1.97. The fraction of sp³-hybridized carbons (Fsp3) is 0.545. The summed E-state index contributed by atoms with van der Waals surface area (Å²) in [5.74, 6) is 0.418. The Labute approximate surface area is 84.8 Å². The lowest BCUT2D eigenvalue weighted by molar-refractivity contribution is -0.127. The van der Waals surface area contributed by atoms with Crippen LogP contribution in [-0.2, 0) is 9.63 Å². The topological polar surface area (TPSA) is 38.3 Å². The second-order valence-electron chi connectivity index (χ2n) is 3.68. The lowest BCUT2D eigenvalue weighted by atomic mass is 9.85. The molecule has 0 aromatic rings. The maximum Gasteiger partial charge on any atom is 0.270 e. The van der Waals surface area contributed by atoms with Crippen molar-refractivity contribution < 1.29 is 9.63 Å². The van der Waals surface area contributed by atoms with Crippen LogP contribution in [0.3, 0.4) is 0 Å². The summed E-state index contributed by atoms with van der Waals surface area (Å²) in [7, 11) is 1.44. The highest BCUT2D eigenvalue weighted by atomic mass is 16.6. The normalized spacial score (nSPS) is 21.3. The summed E-state index contributed by atoms with van der Waals surface area (Å²) in [6.45, 7) is 5.97. The average molecular weight is 195 g/mol. The molecule has 0 spiro atoms. The molecule has 0 saturated heterocycles. The second-order valence-corrected chi connectivity index (χ2v) is 3.68. The molecule has 0 bridgehead atoms. The minimum absolute atomic E-state index is 0.118. The van der Waals surface area contributed by atoms with E-state index >= 15 is 0 Å². The molecule has 0 aliphatic heterocycles. The summed E-state index contributed by atoms with van der Waals surface area (Å²) in [4.78, 5) is 15.9. The van der Waals surface area contributed by atoms with E-state index in [9.17, 15) is 4.79 Å². The van der Waals surface area contributed by atoms with Crippen molar-refractivity contribution in [1.82, 2.24) is 5.48 Å². The Bertz CT molecular complexity index is 268. The van der Waals surface area contributed by atoms with Gasteiger partial charge in [0.05, 0.1) is 7.11 Å². The Morgan fingerprint density at radius 3 is 2.86 bits per heavy atom. The second kappa shape index (κ2) is 4.96. The third-order valence-corrected chi connectivity index (χ3v) is 2.59. The van der Waals surface area contributed by atoms with Crippen LogP contribution in [0.25, 0.3) is 0 Å². The van der Waals surface area contributed by atoms with Crippen molar-refractivity contribution in [2.45, 2.75) is 26.2 Å². The van der Waals surface area contributed by atoms with Gasteiger partial charge in [0.1, 0.15) is 0 Å². The van der Waals surface area contributed by atoms with E-state index in [0.717, 1.165) is 24.8 Å². The maximum absolute atomic E-state index is 11.3. The van der Waals surface area contributed by atoms with E-state index in [2.05, 4.69) is 16.9 Å². The molecule has 0 fully saturated rings. The molecule has 0 heterocycles. The predicted molar refractivity (Wildman–Crippen MR) is 55.4 cm³/mol. The van der Waals surface area contributed by atoms with Gasteiger partial charge in [-0.25, -0.2) is 5.48 Å². The molecule has 0 radical (unpaired) electrons. The number of amides is 1. The number of hydroxylamine groups is 1. The molecule has 3 heteroatoms. The van der Waals surface area contributed by atoms with Gasteiger partial charge in [0.2, 0.25) is 0 Å². The molecule has 0 aromatic heterocycles. The SMILES string of the molecule is C=C(C)C1CC=C(C(=O)NOC)CC1. The van der Waals surface area contributed by atoms with Crippen LogP contribution in [-0.4, -0.2) is 13.0 Å². The van der Waals surface area contributed by atoms with Gasteiger partial charge in [-0.1, -0.05) is 18.2 Å². The summed E-state index contributed by atoms with van der Waals surface area (Å²) in [6.07, 6.45) is 4.73. The molecule has 3 nitrogen and oxygen atoms in total. The fourth-order valence-corrected chi connectivity index (χ4v) is 1.65. The highest BCUT2D eigenvalue weighted by Gasteiger charge is 2.18. The van der Waals surface area contributed by atoms with Crippen LogP contribution < -0.4 is 5.48 Å². The minimum atomic E-state index is -0.118. The molecule has 1 aliphatic carbocycles. The first-order valence-electron chi connectivity index (χ1n) is 4.83. The molecule has 0 saturated carbocycles. The van der Waals surface area contributed by atoms with Gasteiger partial charge in [-0.05, 0) is 32.1 Å². The van der Waals surface area contributed by atoms with Gasteiger partial charge in [0.15, 0.2) is 0 Å². The smallest absolute Gasteiger partial charge is 0.270 e. The van der Waals surface area contributed by atoms with Crippen LogP contribution in [0.1, 0.15) is 26.2 Å². The number of rotatable bonds is 3. The number of carbonyl (C=O) groups excluding carboxylic acids is 1. The molecular weight excluding hydrogens is 178 g/mol. The monoisotopic (exact) mass is 195 g/mol. The van der Waals surface area contributed by atoms with Crippen molar-refractivity contribution in [3.63, 3.8) is 0 Å². The zero-order chi connectivity index (χ0) is 10.6. The Balaban J connectivity index is 2.52. The van der Waals surface area contributed by atoms with Crippen molar-refractivity contribution in [3.8, 4) is 0 Å². The number of allylic oxidation sites excluding steroid dienone is 2. The zero-order valence-corrected chi connectivity index (χ0v) is 8.80. The Morgan fingerprint density at radius 1 is 1.71 bits per heavy atom. The summed E-state index contributed by atoms with van der Waals surface area (Å²) >= 11 is 0. The summed E-state index contributed by atoms with van der Waals surface area (Å²) in [5, 5.41) is 0. The molecule has 1 amide bonds. The van der Waals surface area contributed by atoms with Crippen LogP contribution in [0.5, 0.6) is 0 Å². The molecule has 1 rings (SSSR count). The van der Waals surface area contributed by atoms with Crippen LogP contribution >= 0.6 is 0 Å². The summed E-state index contributed by atoms with van der Waals surface area (Å²) < 4.78 is 0. The first kappa shape index (κ1) is 11.0. The van der Waals surface area contributed by atoms with Gasteiger partial charge in [0, 0.05) is 5.57 Å². The minimum Gasteiger partial charge on any atom is -0.277 e. The van der Waals surface area contributed by atoms with Crippen LogP contribution in [0, 0.1) is 5.92 Å². The summed E-state index contributed by atoms with van der Waals surface area (Å²) in [6, 6.07) is 0. The van der Waals surface area contributed by atoms with Gasteiger partial charge in [-0.15, -0.1) is 0 Å². The van der Waals surface area contributed by atoms with E-state index < -0.39 is 0 Å². The van der Waals surface area contributed by atoms with Crippen molar-refractivity contribution in [2.75, 3.05) is 7.11 Å². The number of nitrogens with one attached hydrogen (secondary N) is 1. The Kier molecular flexibility index (Phi) is 3.89. The van der Waals surface area contributed by atoms with Gasteiger partial charge in [0.25, 0.3) is 5.91 Å². The van der Waals surface area contributed by atoms with E-state index in [4.69, 9.17) is 0 Å². The first-order valence-corrected chi connectivity index (χ1v) is 4.83. The third kappa shape index (κ3) is 2.70. The van der Waals surface area contributed by atoms with Crippen molar-refractivity contribution in [1.29, 1.82) is 0 Å². The van der Waals surface area contributed by atoms with E-state index in [1.165, 1.54) is 12.7 Å². The van der Waals surface area contributed by atoms with Gasteiger partial charge >= 0.3 is 0 Å². The van der Waals surface area contributed by atoms with E-state index in [0.29, 0.717) is 5.92 Å². The van der Waals surface area contributed by atoms with Crippen molar-refractivity contribution >= 4 is 5.91 Å². The Hall–Kier alpha value is -1.09.